The van der Waals surface area contributed by atoms with Gasteiger partial charge in [0.25, 0.3) is 0 Å². The second-order valence-corrected chi connectivity index (χ2v) is 7.56. The lowest BCUT2D eigenvalue weighted by Crippen LogP contribution is -2.08. The molecule has 5 nitrogen and oxygen atoms in total. The number of halogens is 2. The van der Waals surface area contributed by atoms with E-state index in [2.05, 4.69) is 10.1 Å². The third-order valence-corrected chi connectivity index (χ3v) is 4.95. The lowest BCUT2D eigenvalue weighted by atomic mass is 10.2. The zero-order valence-corrected chi connectivity index (χ0v) is 12.5. The first-order valence-corrected chi connectivity index (χ1v) is 8.60. The Morgan fingerprint density at radius 1 is 1.33 bits per heavy atom. The Morgan fingerprint density at radius 3 is 2.76 bits per heavy atom. The molecule has 1 saturated carbocycles. The molecule has 1 aromatic heterocycles. The predicted octanol–water partition coefficient (Wildman–Crippen LogP) is 2.85. The van der Waals surface area contributed by atoms with Gasteiger partial charge in [-0.1, -0.05) is 22.8 Å². The lowest BCUT2D eigenvalue weighted by molar-refractivity contribution is 0.382. The number of sulfone groups is 1. The van der Waals surface area contributed by atoms with E-state index < -0.39 is 15.7 Å². The van der Waals surface area contributed by atoms with Crippen molar-refractivity contribution in [3.63, 3.8) is 0 Å². The first-order valence-electron chi connectivity index (χ1n) is 6.40. The Balaban J connectivity index is 1.73. The first-order chi connectivity index (χ1) is 9.93. The standard InChI is InChI=1S/C13H12ClFN2O3S/c14-11-5-10(15)4-3-9(11)6-21(18,19)7-12-16-13(17-20-12)8-1-2-8/h3-5,8H,1-2,6-7H2. The molecule has 0 bridgehead atoms. The van der Waals surface area contributed by atoms with Gasteiger partial charge < -0.3 is 4.52 Å². The van der Waals surface area contributed by atoms with Gasteiger partial charge in [0.15, 0.2) is 15.7 Å². The van der Waals surface area contributed by atoms with Crippen molar-refractivity contribution in [3.05, 3.63) is 46.3 Å². The van der Waals surface area contributed by atoms with Crippen molar-refractivity contribution in [1.82, 2.24) is 10.1 Å². The van der Waals surface area contributed by atoms with Gasteiger partial charge >= 0.3 is 0 Å². The van der Waals surface area contributed by atoms with Crippen LogP contribution in [0.1, 0.15) is 36.0 Å². The van der Waals surface area contributed by atoms with E-state index >= 15 is 0 Å². The lowest BCUT2D eigenvalue weighted by Gasteiger charge is -2.04. The maximum absolute atomic E-state index is 12.9. The molecule has 1 aromatic carbocycles. The number of hydrogen-bond donors (Lipinski definition) is 0. The van der Waals surface area contributed by atoms with Crippen LogP contribution in [-0.4, -0.2) is 18.6 Å². The Bertz CT molecular complexity index is 771. The summed E-state index contributed by atoms with van der Waals surface area (Å²) in [4.78, 5) is 4.09. The summed E-state index contributed by atoms with van der Waals surface area (Å²) in [6, 6.07) is 3.62. The fraction of sp³-hybridized carbons (Fsp3) is 0.385. The van der Waals surface area contributed by atoms with Crippen LogP contribution in [0.25, 0.3) is 0 Å². The van der Waals surface area contributed by atoms with E-state index in [1.54, 1.807) is 0 Å². The summed E-state index contributed by atoms with van der Waals surface area (Å²) >= 11 is 5.84. The topological polar surface area (TPSA) is 73.1 Å². The Labute approximate surface area is 126 Å². The van der Waals surface area contributed by atoms with E-state index in [0.717, 1.165) is 18.9 Å². The summed E-state index contributed by atoms with van der Waals surface area (Å²) in [6.45, 7) is 0. The molecular weight excluding hydrogens is 319 g/mol. The van der Waals surface area contributed by atoms with Gasteiger partial charge in [-0.05, 0) is 30.5 Å². The van der Waals surface area contributed by atoms with Crippen molar-refractivity contribution < 1.29 is 17.3 Å². The van der Waals surface area contributed by atoms with Gasteiger partial charge in [0.05, 0.1) is 5.75 Å². The van der Waals surface area contributed by atoms with Crippen LogP contribution < -0.4 is 0 Å². The molecule has 1 fully saturated rings. The SMILES string of the molecule is O=S(=O)(Cc1nc(C2CC2)no1)Cc1ccc(F)cc1Cl. The number of hydrogen-bond acceptors (Lipinski definition) is 5. The average molecular weight is 331 g/mol. The summed E-state index contributed by atoms with van der Waals surface area (Å²) in [5, 5.41) is 3.86. The van der Waals surface area contributed by atoms with Crippen molar-refractivity contribution in [1.29, 1.82) is 0 Å². The molecule has 0 unspecified atom stereocenters. The van der Waals surface area contributed by atoms with E-state index in [4.69, 9.17) is 16.1 Å². The van der Waals surface area contributed by atoms with E-state index in [1.807, 2.05) is 0 Å². The number of aromatic nitrogens is 2. The van der Waals surface area contributed by atoms with Crippen LogP contribution in [0.5, 0.6) is 0 Å². The minimum atomic E-state index is -3.52. The Morgan fingerprint density at radius 2 is 2.10 bits per heavy atom. The van der Waals surface area contributed by atoms with E-state index in [-0.39, 0.29) is 22.4 Å². The van der Waals surface area contributed by atoms with E-state index in [1.165, 1.54) is 12.1 Å². The summed E-state index contributed by atoms with van der Waals surface area (Å²) in [5.74, 6) is -0.202. The minimum Gasteiger partial charge on any atom is -0.338 e. The van der Waals surface area contributed by atoms with Crippen LogP contribution in [-0.2, 0) is 21.3 Å². The van der Waals surface area contributed by atoms with Crippen LogP contribution in [0, 0.1) is 5.82 Å². The fourth-order valence-corrected chi connectivity index (χ4v) is 3.58. The molecule has 0 saturated heterocycles. The monoisotopic (exact) mass is 330 g/mol. The average Bonchev–Trinajstić information content (AvgIpc) is 3.14. The van der Waals surface area contributed by atoms with Gasteiger partial charge in [-0.3, -0.25) is 0 Å². The molecule has 1 heterocycles. The summed E-state index contributed by atoms with van der Waals surface area (Å²) in [7, 11) is -3.52. The van der Waals surface area contributed by atoms with Gasteiger partial charge in [-0.15, -0.1) is 0 Å². The highest BCUT2D eigenvalue weighted by Gasteiger charge is 2.29. The molecule has 0 radical (unpaired) electrons. The van der Waals surface area contributed by atoms with Crippen molar-refractivity contribution >= 4 is 21.4 Å². The zero-order valence-electron chi connectivity index (χ0n) is 10.9. The van der Waals surface area contributed by atoms with Crippen molar-refractivity contribution in [3.8, 4) is 0 Å². The Kier molecular flexibility index (Phi) is 3.71. The molecule has 3 rings (SSSR count). The van der Waals surface area contributed by atoms with Crippen LogP contribution in [0.15, 0.2) is 22.7 Å². The van der Waals surface area contributed by atoms with Crippen molar-refractivity contribution in [2.24, 2.45) is 0 Å². The van der Waals surface area contributed by atoms with Crippen molar-refractivity contribution in [2.45, 2.75) is 30.3 Å². The molecule has 0 aliphatic heterocycles. The van der Waals surface area contributed by atoms with Crippen LogP contribution in [0.2, 0.25) is 5.02 Å². The minimum absolute atomic E-state index is 0.0788. The number of benzene rings is 1. The summed E-state index contributed by atoms with van der Waals surface area (Å²) < 4.78 is 42.1. The third kappa shape index (κ3) is 3.59. The molecule has 0 spiro atoms. The maximum Gasteiger partial charge on any atom is 0.241 e. The van der Waals surface area contributed by atoms with Gasteiger partial charge in [0.2, 0.25) is 5.89 Å². The summed E-state index contributed by atoms with van der Waals surface area (Å²) in [5.41, 5.74) is 0.347. The quantitative estimate of drug-likeness (QED) is 0.842. The molecule has 0 amide bonds. The molecule has 8 heteroatoms. The number of rotatable bonds is 5. The normalized spacial score (nSPS) is 15.3. The molecule has 1 aliphatic carbocycles. The van der Waals surface area contributed by atoms with Gasteiger partial charge in [0, 0.05) is 10.9 Å². The molecule has 2 aromatic rings. The van der Waals surface area contributed by atoms with Crippen LogP contribution >= 0.6 is 11.6 Å². The van der Waals surface area contributed by atoms with Gasteiger partial charge in [0.1, 0.15) is 11.6 Å². The smallest absolute Gasteiger partial charge is 0.241 e. The molecule has 0 atom stereocenters. The third-order valence-electron chi connectivity index (χ3n) is 3.16. The molecular formula is C13H12ClFN2O3S. The second kappa shape index (κ2) is 5.38. The van der Waals surface area contributed by atoms with E-state index in [9.17, 15) is 12.8 Å². The largest absolute Gasteiger partial charge is 0.338 e. The molecule has 21 heavy (non-hydrogen) atoms. The van der Waals surface area contributed by atoms with Gasteiger partial charge in [-0.2, -0.15) is 4.98 Å². The summed E-state index contributed by atoms with van der Waals surface area (Å²) in [6.07, 6.45) is 2.02. The predicted molar refractivity (Wildman–Crippen MR) is 74.0 cm³/mol. The van der Waals surface area contributed by atoms with Crippen molar-refractivity contribution in [2.75, 3.05) is 0 Å². The molecule has 112 valence electrons. The highest BCUT2D eigenvalue weighted by Crippen LogP contribution is 2.38. The Hall–Kier alpha value is -1.47. The highest BCUT2D eigenvalue weighted by molar-refractivity contribution is 7.89. The zero-order chi connectivity index (χ0) is 15.0. The van der Waals surface area contributed by atoms with Crippen LogP contribution in [0.3, 0.4) is 0 Å². The van der Waals surface area contributed by atoms with E-state index in [0.29, 0.717) is 17.3 Å². The van der Waals surface area contributed by atoms with Crippen LogP contribution in [0.4, 0.5) is 4.39 Å². The molecule has 0 N–H and O–H groups in total. The first kappa shape index (κ1) is 14.5. The maximum atomic E-state index is 12.9. The fourth-order valence-electron chi connectivity index (χ4n) is 1.95. The number of nitrogens with zero attached hydrogens (tertiary/aromatic N) is 2. The highest BCUT2D eigenvalue weighted by atomic mass is 35.5. The molecule has 1 aliphatic rings. The van der Waals surface area contributed by atoms with Gasteiger partial charge in [-0.25, -0.2) is 12.8 Å². The second-order valence-electron chi connectivity index (χ2n) is 5.09.